The molecule has 2 rings (SSSR count). The smallest absolute Gasteiger partial charge is 0.433 e. The van der Waals surface area contributed by atoms with Gasteiger partial charge in [0.2, 0.25) is 11.5 Å². The third-order valence-electron chi connectivity index (χ3n) is 4.09. The Kier molecular flexibility index (Phi) is 4.82. The Morgan fingerprint density at radius 3 is 2.38 bits per heavy atom. The maximum absolute atomic E-state index is 12.3. The summed E-state index contributed by atoms with van der Waals surface area (Å²) in [4.78, 5) is 33.9. The lowest BCUT2D eigenvalue weighted by molar-refractivity contribution is -0.402. The molecule has 24 heavy (non-hydrogen) atoms. The molecule has 1 aromatic heterocycles. The molecule has 0 unspecified atom stereocenters. The van der Waals surface area contributed by atoms with Gasteiger partial charge in [-0.15, -0.1) is 0 Å². The van der Waals surface area contributed by atoms with Gasteiger partial charge in [-0.05, 0) is 62.1 Å². The van der Waals surface area contributed by atoms with Crippen molar-refractivity contribution in [2.24, 2.45) is 0 Å². The third kappa shape index (κ3) is 3.34. The molecular weight excluding hydrogens is 314 g/mol. The molecule has 7 nitrogen and oxygen atoms in total. The van der Waals surface area contributed by atoms with Gasteiger partial charge in [-0.25, -0.2) is 4.79 Å². The molecule has 0 radical (unpaired) electrons. The van der Waals surface area contributed by atoms with Crippen molar-refractivity contribution in [2.75, 3.05) is 6.61 Å². The number of hydrogen-bond acceptors (Lipinski definition) is 6. The highest BCUT2D eigenvalue weighted by molar-refractivity contribution is 6.00. The largest absolute Gasteiger partial charge is 0.451 e. The van der Waals surface area contributed by atoms with Crippen LogP contribution in [-0.2, 0) is 4.74 Å². The molecule has 0 aliphatic rings. The fourth-order valence-electron chi connectivity index (χ4n) is 2.32. The van der Waals surface area contributed by atoms with Gasteiger partial charge in [-0.3, -0.25) is 14.9 Å². The maximum atomic E-state index is 12.3. The van der Waals surface area contributed by atoms with Crippen LogP contribution >= 0.6 is 0 Å². The minimum atomic E-state index is -0.922. The Morgan fingerprint density at radius 1 is 1.12 bits per heavy atom. The van der Waals surface area contributed by atoms with Crippen LogP contribution in [0, 0.1) is 37.8 Å². The first-order valence-electron chi connectivity index (χ1n) is 7.24. The third-order valence-corrected chi connectivity index (χ3v) is 4.09. The van der Waals surface area contributed by atoms with Crippen molar-refractivity contribution in [2.45, 2.75) is 27.7 Å². The number of hydrogen-bond donors (Lipinski definition) is 0. The molecule has 0 saturated heterocycles. The predicted molar refractivity (Wildman–Crippen MR) is 85.4 cm³/mol. The molecule has 0 bridgehead atoms. The van der Waals surface area contributed by atoms with E-state index in [1.165, 1.54) is 0 Å². The van der Waals surface area contributed by atoms with Gasteiger partial charge in [0.1, 0.15) is 4.92 Å². The van der Waals surface area contributed by atoms with E-state index in [4.69, 9.17) is 9.15 Å². The van der Waals surface area contributed by atoms with Crippen molar-refractivity contribution in [1.82, 2.24) is 0 Å². The molecule has 1 heterocycles. The number of Topliss-reactive ketones (excluding diaryl/α,β-unsaturated/α-hetero) is 1. The van der Waals surface area contributed by atoms with Crippen LogP contribution in [0.2, 0.25) is 0 Å². The molecule has 0 N–H and O–H groups in total. The number of aryl methyl sites for hydroxylation is 1. The second-order valence-electron chi connectivity index (χ2n) is 5.51. The number of rotatable bonds is 5. The monoisotopic (exact) mass is 331 g/mol. The summed E-state index contributed by atoms with van der Waals surface area (Å²) in [7, 11) is 0. The average Bonchev–Trinajstić information content (AvgIpc) is 3.04. The Labute approximate surface area is 138 Å². The first-order chi connectivity index (χ1) is 11.2. The second kappa shape index (κ2) is 6.66. The Morgan fingerprint density at radius 2 is 1.79 bits per heavy atom. The van der Waals surface area contributed by atoms with Gasteiger partial charge in [-0.2, -0.15) is 0 Å². The molecule has 7 heteroatoms. The summed E-state index contributed by atoms with van der Waals surface area (Å²) in [5, 5.41) is 10.5. The summed E-state index contributed by atoms with van der Waals surface area (Å²) in [5.41, 5.74) is 4.45. The SMILES string of the molecule is Cc1cc(C(=O)COC(=O)c2ccc([N+](=O)[O-])o2)c(C)c(C)c1C. The maximum Gasteiger partial charge on any atom is 0.433 e. The Hall–Kier alpha value is -2.96. The van der Waals surface area contributed by atoms with Crippen molar-refractivity contribution in [1.29, 1.82) is 0 Å². The fourth-order valence-corrected chi connectivity index (χ4v) is 2.32. The summed E-state index contributed by atoms with van der Waals surface area (Å²) in [6, 6.07) is 3.96. The Bertz CT molecular complexity index is 834. The highest BCUT2D eigenvalue weighted by Gasteiger charge is 2.20. The molecule has 0 aliphatic heterocycles. The Balaban J connectivity index is 2.10. The fraction of sp³-hybridized carbons (Fsp3) is 0.294. The molecule has 0 fully saturated rings. The van der Waals surface area contributed by atoms with E-state index in [9.17, 15) is 19.7 Å². The van der Waals surface area contributed by atoms with Gasteiger partial charge in [0.05, 0.1) is 6.07 Å². The van der Waals surface area contributed by atoms with Crippen LogP contribution in [0.1, 0.15) is 43.2 Å². The van der Waals surface area contributed by atoms with Crippen LogP contribution in [0.25, 0.3) is 0 Å². The van der Waals surface area contributed by atoms with Crippen molar-refractivity contribution >= 4 is 17.6 Å². The van der Waals surface area contributed by atoms with E-state index in [1.807, 2.05) is 27.7 Å². The van der Waals surface area contributed by atoms with E-state index >= 15 is 0 Å². The molecular formula is C17H17NO6. The lowest BCUT2D eigenvalue weighted by Gasteiger charge is -2.13. The topological polar surface area (TPSA) is 99.7 Å². The molecule has 2 aromatic rings. The predicted octanol–water partition coefficient (Wildman–Crippen LogP) is 3.46. The molecule has 1 aromatic carbocycles. The first-order valence-corrected chi connectivity index (χ1v) is 7.24. The van der Waals surface area contributed by atoms with E-state index in [0.29, 0.717) is 5.56 Å². The zero-order valence-electron chi connectivity index (χ0n) is 13.8. The normalized spacial score (nSPS) is 10.5. The van der Waals surface area contributed by atoms with Crippen molar-refractivity contribution in [3.63, 3.8) is 0 Å². The highest BCUT2D eigenvalue weighted by atomic mass is 16.7. The van der Waals surface area contributed by atoms with Gasteiger partial charge >= 0.3 is 11.9 Å². The van der Waals surface area contributed by atoms with E-state index in [0.717, 1.165) is 34.4 Å². The summed E-state index contributed by atoms with van der Waals surface area (Å²) >= 11 is 0. The van der Waals surface area contributed by atoms with E-state index in [1.54, 1.807) is 6.07 Å². The number of benzene rings is 1. The highest BCUT2D eigenvalue weighted by Crippen LogP contribution is 2.22. The van der Waals surface area contributed by atoms with Crippen LogP contribution in [0.3, 0.4) is 0 Å². The number of nitro groups is 1. The summed E-state index contributed by atoms with van der Waals surface area (Å²) in [6.07, 6.45) is 0. The average molecular weight is 331 g/mol. The lowest BCUT2D eigenvalue weighted by atomic mass is 9.93. The molecule has 0 amide bonds. The number of carbonyl (C=O) groups is 2. The van der Waals surface area contributed by atoms with Crippen molar-refractivity contribution in [3.05, 3.63) is 61.9 Å². The minimum absolute atomic E-state index is 0.317. The number of ether oxygens (including phenoxy) is 1. The van der Waals surface area contributed by atoms with Crippen LogP contribution in [0.5, 0.6) is 0 Å². The quantitative estimate of drug-likeness (QED) is 0.360. The molecule has 0 saturated carbocycles. The number of nitrogens with zero attached hydrogens (tertiary/aromatic N) is 1. The van der Waals surface area contributed by atoms with E-state index in [-0.39, 0.29) is 11.5 Å². The van der Waals surface area contributed by atoms with Crippen LogP contribution < -0.4 is 0 Å². The van der Waals surface area contributed by atoms with Gasteiger partial charge < -0.3 is 9.15 Å². The lowest BCUT2D eigenvalue weighted by Crippen LogP contribution is -2.16. The molecule has 0 spiro atoms. The van der Waals surface area contributed by atoms with Gasteiger partial charge in [-0.1, -0.05) is 0 Å². The number of ketones is 1. The standard InChI is InChI=1S/C17H17NO6/c1-9-7-13(12(4)11(3)10(9)2)14(19)8-23-17(20)15-5-6-16(24-15)18(21)22/h5-7H,8H2,1-4H3. The van der Waals surface area contributed by atoms with Crippen molar-refractivity contribution < 1.29 is 23.7 Å². The van der Waals surface area contributed by atoms with Crippen LogP contribution in [0.15, 0.2) is 22.6 Å². The zero-order valence-corrected chi connectivity index (χ0v) is 13.8. The van der Waals surface area contributed by atoms with Crippen molar-refractivity contribution in [3.8, 4) is 0 Å². The second-order valence-corrected chi connectivity index (χ2v) is 5.51. The minimum Gasteiger partial charge on any atom is -0.451 e. The molecule has 126 valence electrons. The van der Waals surface area contributed by atoms with Gasteiger partial charge in [0, 0.05) is 5.56 Å². The molecule has 0 atom stereocenters. The van der Waals surface area contributed by atoms with E-state index in [2.05, 4.69) is 0 Å². The van der Waals surface area contributed by atoms with Crippen LogP contribution in [0.4, 0.5) is 5.88 Å². The summed E-state index contributed by atoms with van der Waals surface area (Å²) in [6.45, 7) is 7.20. The number of furan rings is 1. The zero-order chi connectivity index (χ0) is 18.0. The number of carbonyl (C=O) groups excluding carboxylic acids is 2. The first kappa shape index (κ1) is 17.4. The van der Waals surface area contributed by atoms with Gasteiger partial charge in [0.15, 0.2) is 6.61 Å². The number of esters is 1. The van der Waals surface area contributed by atoms with E-state index < -0.39 is 23.4 Å². The molecule has 0 aliphatic carbocycles. The van der Waals surface area contributed by atoms with Gasteiger partial charge in [0.25, 0.3) is 0 Å². The summed E-state index contributed by atoms with van der Waals surface area (Å²) in [5.74, 6) is -2.14. The van der Waals surface area contributed by atoms with Crippen LogP contribution in [-0.4, -0.2) is 23.3 Å². The summed E-state index contributed by atoms with van der Waals surface area (Å²) < 4.78 is 9.64.